The van der Waals surface area contributed by atoms with Crippen LogP contribution in [0.5, 0.6) is 0 Å². The lowest BCUT2D eigenvalue weighted by Crippen LogP contribution is -2.28. The minimum atomic E-state index is -3.76. The molecule has 1 heterocycles. The summed E-state index contributed by atoms with van der Waals surface area (Å²) in [7, 11) is -2.38. The first-order valence-corrected chi connectivity index (χ1v) is 9.21. The van der Waals surface area contributed by atoms with E-state index in [1.807, 2.05) is 6.07 Å². The average molecular weight is 355 g/mol. The van der Waals surface area contributed by atoms with Gasteiger partial charge in [-0.15, -0.1) is 0 Å². The number of hydrogen-bond acceptors (Lipinski definition) is 3. The number of rotatable bonds is 5. The summed E-state index contributed by atoms with van der Waals surface area (Å²) in [5, 5.41) is 0. The molecule has 130 valence electrons. The Labute approximate surface area is 140 Å². The lowest BCUT2D eigenvalue weighted by molar-refractivity contribution is 0.0658. The van der Waals surface area contributed by atoms with Crippen LogP contribution in [0.15, 0.2) is 35.5 Å². The molecule has 1 aromatic carbocycles. The third-order valence-corrected chi connectivity index (χ3v) is 6.15. The summed E-state index contributed by atoms with van der Waals surface area (Å²) in [5.74, 6) is 0.00837. The molecule has 0 atom stereocenters. The van der Waals surface area contributed by atoms with Gasteiger partial charge in [-0.25, -0.2) is 13.4 Å². The molecule has 3 rings (SSSR count). The van der Waals surface area contributed by atoms with Gasteiger partial charge in [0.1, 0.15) is 5.82 Å². The van der Waals surface area contributed by atoms with Crippen molar-refractivity contribution in [1.82, 2.24) is 13.9 Å². The second-order valence-electron chi connectivity index (χ2n) is 5.93. The molecule has 1 aromatic heterocycles. The van der Waals surface area contributed by atoms with Gasteiger partial charge in [-0.05, 0) is 48.9 Å². The molecule has 8 heteroatoms. The number of benzene rings is 1. The molecule has 0 bridgehead atoms. The summed E-state index contributed by atoms with van der Waals surface area (Å²) in [5.41, 5.74) is 2.25. The van der Waals surface area contributed by atoms with Crippen LogP contribution in [0, 0.1) is 0 Å². The minimum absolute atomic E-state index is 0.00837. The zero-order valence-corrected chi connectivity index (χ0v) is 14.1. The van der Waals surface area contributed by atoms with Gasteiger partial charge in [-0.2, -0.15) is 13.1 Å². The zero-order chi connectivity index (χ0) is 17.3. The van der Waals surface area contributed by atoms with E-state index in [2.05, 4.69) is 4.98 Å². The van der Waals surface area contributed by atoms with Crippen LogP contribution in [0.4, 0.5) is 8.78 Å². The van der Waals surface area contributed by atoms with Gasteiger partial charge in [0.15, 0.2) is 0 Å². The van der Waals surface area contributed by atoms with Crippen molar-refractivity contribution in [2.24, 2.45) is 0 Å². The van der Waals surface area contributed by atoms with Crippen LogP contribution in [0.25, 0.3) is 0 Å². The van der Waals surface area contributed by atoms with E-state index in [9.17, 15) is 17.2 Å². The molecule has 0 saturated carbocycles. The van der Waals surface area contributed by atoms with E-state index < -0.39 is 16.6 Å². The van der Waals surface area contributed by atoms with Crippen molar-refractivity contribution in [3.8, 4) is 0 Å². The molecule has 0 amide bonds. The highest BCUT2D eigenvalue weighted by atomic mass is 32.2. The Kier molecular flexibility index (Phi) is 4.69. The van der Waals surface area contributed by atoms with Crippen molar-refractivity contribution in [3.63, 3.8) is 0 Å². The maximum atomic E-state index is 12.9. The number of aryl methyl sites for hydroxylation is 2. The fourth-order valence-electron chi connectivity index (χ4n) is 2.98. The van der Waals surface area contributed by atoms with E-state index in [-0.39, 0.29) is 17.3 Å². The van der Waals surface area contributed by atoms with Gasteiger partial charge in [0, 0.05) is 19.4 Å². The molecule has 0 aliphatic heterocycles. The van der Waals surface area contributed by atoms with E-state index in [0.29, 0.717) is 4.57 Å². The quantitative estimate of drug-likeness (QED) is 0.829. The van der Waals surface area contributed by atoms with E-state index >= 15 is 0 Å². The maximum Gasteiger partial charge on any atom is 0.319 e. The van der Waals surface area contributed by atoms with Crippen LogP contribution in [0.2, 0.25) is 0 Å². The Morgan fingerprint density at radius 3 is 2.67 bits per heavy atom. The molecule has 0 fully saturated rings. The predicted octanol–water partition coefficient (Wildman–Crippen LogP) is 2.98. The number of halogens is 2. The largest absolute Gasteiger partial charge is 0.319 e. The summed E-state index contributed by atoms with van der Waals surface area (Å²) in [6.45, 7) is -2.96. The molecule has 0 saturated heterocycles. The Hall–Kier alpha value is -1.80. The second-order valence-corrected chi connectivity index (χ2v) is 7.97. The molecule has 5 nitrogen and oxygen atoms in total. The minimum Gasteiger partial charge on any atom is -0.277 e. The number of fused-ring (bicyclic) bond motifs is 1. The highest BCUT2D eigenvalue weighted by Crippen LogP contribution is 2.26. The molecule has 1 aliphatic carbocycles. The Balaban J connectivity index is 1.85. The van der Waals surface area contributed by atoms with E-state index in [0.717, 1.165) is 41.7 Å². The fraction of sp³-hybridized carbons (Fsp3) is 0.438. The van der Waals surface area contributed by atoms with Crippen LogP contribution in [0.3, 0.4) is 0 Å². The van der Waals surface area contributed by atoms with Crippen LogP contribution in [-0.2, 0) is 29.4 Å². The van der Waals surface area contributed by atoms with Gasteiger partial charge >= 0.3 is 6.55 Å². The SMILES string of the molecule is CN(Cc1nccn1C(F)F)S(=O)(=O)c1ccc2c(c1)CCCC2. The Morgan fingerprint density at radius 2 is 1.96 bits per heavy atom. The molecule has 0 radical (unpaired) electrons. The smallest absolute Gasteiger partial charge is 0.277 e. The second kappa shape index (κ2) is 6.60. The lowest BCUT2D eigenvalue weighted by Gasteiger charge is -2.20. The van der Waals surface area contributed by atoms with Crippen molar-refractivity contribution in [2.75, 3.05) is 7.05 Å². The molecular weight excluding hydrogens is 336 g/mol. The van der Waals surface area contributed by atoms with Gasteiger partial charge in [0.05, 0.1) is 11.4 Å². The summed E-state index contributed by atoms with van der Waals surface area (Å²) < 4.78 is 52.9. The van der Waals surface area contributed by atoms with Gasteiger partial charge in [-0.3, -0.25) is 4.57 Å². The van der Waals surface area contributed by atoms with Crippen molar-refractivity contribution < 1.29 is 17.2 Å². The monoisotopic (exact) mass is 355 g/mol. The normalized spacial score (nSPS) is 15.0. The number of alkyl halides is 2. The summed E-state index contributed by atoms with van der Waals surface area (Å²) in [6, 6.07) is 5.16. The third kappa shape index (κ3) is 3.21. The van der Waals surface area contributed by atoms with Crippen molar-refractivity contribution in [3.05, 3.63) is 47.5 Å². The van der Waals surface area contributed by atoms with Crippen molar-refractivity contribution >= 4 is 10.0 Å². The summed E-state index contributed by atoms with van der Waals surface area (Å²) in [6.07, 6.45) is 6.39. The first-order chi connectivity index (χ1) is 11.4. The van der Waals surface area contributed by atoms with E-state index in [1.54, 1.807) is 12.1 Å². The van der Waals surface area contributed by atoms with Gasteiger partial charge in [-0.1, -0.05) is 6.07 Å². The molecule has 0 spiro atoms. The topological polar surface area (TPSA) is 55.2 Å². The van der Waals surface area contributed by atoms with Gasteiger partial charge < -0.3 is 0 Å². The molecule has 0 N–H and O–H groups in total. The Bertz CT molecular complexity index is 834. The number of sulfonamides is 1. The molecule has 2 aromatic rings. The Morgan fingerprint density at radius 1 is 1.25 bits per heavy atom. The van der Waals surface area contributed by atoms with Gasteiger partial charge in [0.25, 0.3) is 0 Å². The lowest BCUT2D eigenvalue weighted by atomic mass is 9.92. The van der Waals surface area contributed by atoms with Crippen LogP contribution >= 0.6 is 0 Å². The molecule has 0 unspecified atom stereocenters. The van der Waals surface area contributed by atoms with Crippen LogP contribution in [-0.4, -0.2) is 29.3 Å². The van der Waals surface area contributed by atoms with Crippen molar-refractivity contribution in [1.29, 1.82) is 0 Å². The van der Waals surface area contributed by atoms with Crippen molar-refractivity contribution in [2.45, 2.75) is 43.7 Å². The third-order valence-electron chi connectivity index (χ3n) is 4.35. The number of aromatic nitrogens is 2. The van der Waals surface area contributed by atoms with Crippen LogP contribution < -0.4 is 0 Å². The highest BCUT2D eigenvalue weighted by molar-refractivity contribution is 7.89. The van der Waals surface area contributed by atoms with E-state index in [1.165, 1.54) is 18.8 Å². The number of nitrogens with zero attached hydrogens (tertiary/aromatic N) is 3. The average Bonchev–Trinajstić information content (AvgIpc) is 3.02. The van der Waals surface area contributed by atoms with Crippen LogP contribution in [0.1, 0.15) is 36.3 Å². The fourth-order valence-corrected chi connectivity index (χ4v) is 4.15. The number of hydrogen-bond donors (Lipinski definition) is 0. The first-order valence-electron chi connectivity index (χ1n) is 7.77. The number of imidazole rings is 1. The van der Waals surface area contributed by atoms with Gasteiger partial charge in [0.2, 0.25) is 10.0 Å². The highest BCUT2D eigenvalue weighted by Gasteiger charge is 2.25. The summed E-state index contributed by atoms with van der Waals surface area (Å²) in [4.78, 5) is 4.03. The molecular formula is C16H19F2N3O2S. The van der Waals surface area contributed by atoms with E-state index in [4.69, 9.17) is 0 Å². The first kappa shape index (κ1) is 17.0. The maximum absolute atomic E-state index is 12.9. The standard InChI is InChI=1S/C16H19F2N3O2S/c1-20(11-15-19-8-9-21(15)16(17)18)24(22,23)14-7-6-12-4-2-3-5-13(12)10-14/h6-10,16H,2-5,11H2,1H3. The molecule has 1 aliphatic rings. The summed E-state index contributed by atoms with van der Waals surface area (Å²) >= 11 is 0. The predicted molar refractivity (Wildman–Crippen MR) is 85.2 cm³/mol. The molecule has 24 heavy (non-hydrogen) atoms. The zero-order valence-electron chi connectivity index (χ0n) is 13.3.